The van der Waals surface area contributed by atoms with Gasteiger partial charge in [-0.05, 0) is 6.07 Å². The Bertz CT molecular complexity index is 486. The number of rotatable bonds is 4. The minimum atomic E-state index is -0.641. The van der Waals surface area contributed by atoms with Gasteiger partial charge in [-0.25, -0.2) is 0 Å². The average molecular weight is 302 g/mol. The number of aldehydes is 1. The SMILES string of the molecule is COC(=O)Cc1cc(Br)c(C=O)cc1[N+](=O)[O-]. The molecule has 0 radical (unpaired) electrons. The van der Waals surface area contributed by atoms with Gasteiger partial charge in [-0.3, -0.25) is 19.7 Å². The Morgan fingerprint density at radius 1 is 1.59 bits per heavy atom. The van der Waals surface area contributed by atoms with Crippen LogP contribution in [-0.4, -0.2) is 24.3 Å². The van der Waals surface area contributed by atoms with Gasteiger partial charge in [-0.2, -0.15) is 0 Å². The van der Waals surface area contributed by atoms with Gasteiger partial charge < -0.3 is 4.74 Å². The number of methoxy groups -OCH3 is 1. The number of nitro benzene ring substituents is 1. The van der Waals surface area contributed by atoms with Gasteiger partial charge in [0.05, 0.1) is 18.5 Å². The Balaban J connectivity index is 3.27. The van der Waals surface area contributed by atoms with E-state index in [9.17, 15) is 19.7 Å². The normalized spacial score (nSPS) is 9.76. The lowest BCUT2D eigenvalue weighted by Gasteiger charge is -2.04. The lowest BCUT2D eigenvalue weighted by Crippen LogP contribution is -2.07. The Morgan fingerprint density at radius 2 is 2.24 bits per heavy atom. The van der Waals surface area contributed by atoms with Crippen molar-refractivity contribution in [2.45, 2.75) is 6.42 Å². The number of carbonyl (C=O) groups is 2. The Labute approximate surface area is 105 Å². The summed E-state index contributed by atoms with van der Waals surface area (Å²) < 4.78 is 4.84. The van der Waals surface area contributed by atoms with E-state index < -0.39 is 10.9 Å². The highest BCUT2D eigenvalue weighted by atomic mass is 79.9. The molecule has 1 aromatic carbocycles. The molecule has 0 unspecified atom stereocenters. The van der Waals surface area contributed by atoms with Gasteiger partial charge in [0.25, 0.3) is 5.69 Å². The number of benzene rings is 1. The minimum Gasteiger partial charge on any atom is -0.469 e. The highest BCUT2D eigenvalue weighted by molar-refractivity contribution is 9.10. The van der Waals surface area contributed by atoms with Crippen molar-refractivity contribution in [3.05, 3.63) is 37.8 Å². The van der Waals surface area contributed by atoms with Crippen LogP contribution in [-0.2, 0) is 16.0 Å². The summed E-state index contributed by atoms with van der Waals surface area (Å²) >= 11 is 3.10. The van der Waals surface area contributed by atoms with Crippen LogP contribution >= 0.6 is 15.9 Å². The van der Waals surface area contributed by atoms with Crippen molar-refractivity contribution in [1.82, 2.24) is 0 Å². The summed E-state index contributed by atoms with van der Waals surface area (Å²) in [5, 5.41) is 10.8. The molecule has 0 fully saturated rings. The van der Waals surface area contributed by atoms with E-state index in [0.29, 0.717) is 10.8 Å². The molecule has 1 aromatic rings. The third-order valence-corrected chi connectivity index (χ3v) is 2.77. The summed E-state index contributed by atoms with van der Waals surface area (Å²) in [5.41, 5.74) is 0.0744. The Morgan fingerprint density at radius 3 is 2.71 bits per heavy atom. The molecule has 0 amide bonds. The quantitative estimate of drug-likeness (QED) is 0.367. The van der Waals surface area contributed by atoms with Crippen LogP contribution in [0.3, 0.4) is 0 Å². The molecular weight excluding hydrogens is 294 g/mol. The molecule has 0 aliphatic carbocycles. The van der Waals surface area contributed by atoms with Gasteiger partial charge in [0.15, 0.2) is 6.29 Å². The first-order valence-corrected chi connectivity index (χ1v) is 5.27. The molecule has 6 nitrogen and oxygen atoms in total. The molecular formula is C10H8BrNO5. The van der Waals surface area contributed by atoms with Crippen LogP contribution in [0.2, 0.25) is 0 Å². The van der Waals surface area contributed by atoms with Crippen molar-refractivity contribution in [2.24, 2.45) is 0 Å². The monoisotopic (exact) mass is 301 g/mol. The second-order valence-corrected chi connectivity index (χ2v) is 3.98. The number of hydrogen-bond donors (Lipinski definition) is 0. The second kappa shape index (κ2) is 5.53. The first kappa shape index (κ1) is 13.3. The molecule has 0 atom stereocenters. The Kier molecular flexibility index (Phi) is 4.33. The number of carbonyl (C=O) groups excluding carboxylic acids is 2. The van der Waals surface area contributed by atoms with Gasteiger partial charge in [-0.15, -0.1) is 0 Å². The lowest BCUT2D eigenvalue weighted by molar-refractivity contribution is -0.385. The van der Waals surface area contributed by atoms with Crippen molar-refractivity contribution in [3.8, 4) is 0 Å². The molecule has 0 heterocycles. The van der Waals surface area contributed by atoms with E-state index in [1.165, 1.54) is 13.2 Å². The molecule has 0 aromatic heterocycles. The molecule has 0 aliphatic heterocycles. The third kappa shape index (κ3) is 3.10. The van der Waals surface area contributed by atoms with Gasteiger partial charge in [-0.1, -0.05) is 15.9 Å². The number of esters is 1. The van der Waals surface area contributed by atoms with Crippen molar-refractivity contribution in [2.75, 3.05) is 7.11 Å². The maximum atomic E-state index is 11.1. The van der Waals surface area contributed by atoms with Crippen molar-refractivity contribution in [3.63, 3.8) is 0 Å². The van der Waals surface area contributed by atoms with E-state index in [1.807, 2.05) is 0 Å². The molecule has 1 rings (SSSR count). The summed E-state index contributed by atoms with van der Waals surface area (Å²) in [6, 6.07) is 2.49. The Hall–Kier alpha value is -1.76. The lowest BCUT2D eigenvalue weighted by atomic mass is 10.1. The summed E-state index contributed by atoms with van der Waals surface area (Å²) in [5.74, 6) is -0.584. The van der Waals surface area contributed by atoms with Crippen LogP contribution in [0, 0.1) is 10.1 Å². The topological polar surface area (TPSA) is 86.5 Å². The molecule has 0 spiro atoms. The summed E-state index contributed by atoms with van der Waals surface area (Å²) in [6.07, 6.45) is 0.281. The van der Waals surface area contributed by atoms with Crippen molar-refractivity contribution < 1.29 is 19.2 Å². The average Bonchev–Trinajstić information content (AvgIpc) is 2.28. The molecule has 90 valence electrons. The van der Waals surface area contributed by atoms with Gasteiger partial charge in [0.2, 0.25) is 0 Å². The fraction of sp³-hybridized carbons (Fsp3) is 0.200. The molecule has 0 aliphatic rings. The predicted octanol–water partition coefficient (Wildman–Crippen LogP) is 1.89. The van der Waals surface area contributed by atoms with Crippen LogP contribution in [0.1, 0.15) is 15.9 Å². The van der Waals surface area contributed by atoms with E-state index in [2.05, 4.69) is 20.7 Å². The predicted molar refractivity (Wildman–Crippen MR) is 61.9 cm³/mol. The van der Waals surface area contributed by atoms with Crippen LogP contribution in [0.4, 0.5) is 5.69 Å². The number of halogens is 1. The van der Waals surface area contributed by atoms with E-state index in [4.69, 9.17) is 0 Å². The van der Waals surface area contributed by atoms with Gasteiger partial charge in [0, 0.05) is 21.7 Å². The van der Waals surface area contributed by atoms with Crippen LogP contribution in [0.25, 0.3) is 0 Å². The zero-order chi connectivity index (χ0) is 13.0. The van der Waals surface area contributed by atoms with Crippen LogP contribution in [0.5, 0.6) is 0 Å². The molecule has 17 heavy (non-hydrogen) atoms. The molecule has 0 saturated carbocycles. The maximum Gasteiger partial charge on any atom is 0.310 e. The largest absolute Gasteiger partial charge is 0.469 e. The highest BCUT2D eigenvalue weighted by Gasteiger charge is 2.19. The molecule has 0 bridgehead atoms. The summed E-state index contributed by atoms with van der Waals surface area (Å²) in [4.78, 5) is 31.9. The fourth-order valence-electron chi connectivity index (χ4n) is 1.25. The fourth-order valence-corrected chi connectivity index (χ4v) is 1.73. The minimum absolute atomic E-state index is 0.158. The van der Waals surface area contributed by atoms with Gasteiger partial charge >= 0.3 is 5.97 Å². The number of nitro groups is 1. The second-order valence-electron chi connectivity index (χ2n) is 3.13. The molecule has 0 saturated heterocycles. The van der Waals surface area contributed by atoms with E-state index >= 15 is 0 Å². The van der Waals surface area contributed by atoms with E-state index in [1.54, 1.807) is 0 Å². The first-order chi connectivity index (χ1) is 7.99. The number of nitrogens with zero attached hydrogens (tertiary/aromatic N) is 1. The van der Waals surface area contributed by atoms with Crippen LogP contribution in [0.15, 0.2) is 16.6 Å². The first-order valence-electron chi connectivity index (χ1n) is 4.48. The van der Waals surface area contributed by atoms with Crippen molar-refractivity contribution in [1.29, 1.82) is 0 Å². The van der Waals surface area contributed by atoms with Gasteiger partial charge in [0.1, 0.15) is 0 Å². The zero-order valence-electron chi connectivity index (χ0n) is 8.81. The van der Waals surface area contributed by atoms with Crippen molar-refractivity contribution >= 4 is 33.9 Å². The smallest absolute Gasteiger partial charge is 0.310 e. The molecule has 0 N–H and O–H groups in total. The van der Waals surface area contributed by atoms with E-state index in [0.717, 1.165) is 6.07 Å². The number of hydrogen-bond acceptors (Lipinski definition) is 5. The van der Waals surface area contributed by atoms with Crippen LogP contribution < -0.4 is 0 Å². The third-order valence-electron chi connectivity index (χ3n) is 2.08. The standard InChI is InChI=1S/C10H8BrNO5/c1-17-10(14)4-6-2-8(11)7(5-13)3-9(6)12(15)16/h2-3,5H,4H2,1H3. The number of ether oxygens (including phenoxy) is 1. The van der Waals surface area contributed by atoms with E-state index in [-0.39, 0.29) is 23.2 Å². The maximum absolute atomic E-state index is 11.1. The summed E-state index contributed by atoms with van der Waals surface area (Å²) in [7, 11) is 1.20. The zero-order valence-corrected chi connectivity index (χ0v) is 10.4. The summed E-state index contributed by atoms with van der Waals surface area (Å²) in [6.45, 7) is 0. The molecule has 7 heteroatoms. The highest BCUT2D eigenvalue weighted by Crippen LogP contribution is 2.27.